The summed E-state index contributed by atoms with van der Waals surface area (Å²) in [6, 6.07) is 13.3. The van der Waals surface area contributed by atoms with Crippen LogP contribution in [0.15, 0.2) is 60.9 Å². The summed E-state index contributed by atoms with van der Waals surface area (Å²) in [6.07, 6.45) is 5.46. The number of amides is 1. The minimum absolute atomic E-state index is 0.105. The molecule has 4 rings (SSSR count). The van der Waals surface area contributed by atoms with E-state index in [0.717, 1.165) is 30.6 Å². The normalized spacial score (nSPS) is 15.8. The van der Waals surface area contributed by atoms with Crippen molar-refractivity contribution in [2.45, 2.75) is 18.9 Å². The monoisotopic (exact) mass is 392 g/mol. The van der Waals surface area contributed by atoms with Crippen molar-refractivity contribution in [3.05, 3.63) is 72.3 Å². The maximum absolute atomic E-state index is 13.0. The Morgan fingerprint density at radius 2 is 1.90 bits per heavy atom. The predicted molar refractivity (Wildman–Crippen MR) is 108 cm³/mol. The number of benzene rings is 2. The van der Waals surface area contributed by atoms with Gasteiger partial charge in [0.2, 0.25) is 5.95 Å². The molecule has 0 spiro atoms. The van der Waals surface area contributed by atoms with E-state index in [1.165, 1.54) is 12.1 Å². The first-order valence-electron chi connectivity index (χ1n) is 9.52. The third kappa shape index (κ3) is 4.94. The number of halogens is 1. The average Bonchev–Trinajstić information content (AvgIpc) is 3.27. The Morgan fingerprint density at radius 1 is 1.10 bits per heavy atom. The average molecular weight is 392 g/mol. The van der Waals surface area contributed by atoms with Gasteiger partial charge < -0.3 is 15.4 Å². The molecule has 1 atom stereocenters. The van der Waals surface area contributed by atoms with E-state index >= 15 is 0 Å². The first-order chi connectivity index (χ1) is 14.2. The van der Waals surface area contributed by atoms with Crippen molar-refractivity contribution in [1.82, 2.24) is 15.3 Å². The number of nitrogens with zero attached hydrogens (tertiary/aromatic N) is 2. The fourth-order valence-corrected chi connectivity index (χ4v) is 3.17. The number of carbonyl (C=O) groups is 1. The van der Waals surface area contributed by atoms with Gasteiger partial charge in [-0.1, -0.05) is 18.2 Å². The van der Waals surface area contributed by atoms with Crippen LogP contribution in [0.1, 0.15) is 23.2 Å². The van der Waals surface area contributed by atoms with Gasteiger partial charge in [0.1, 0.15) is 5.82 Å². The molecule has 0 saturated carbocycles. The van der Waals surface area contributed by atoms with Crippen LogP contribution in [0.3, 0.4) is 0 Å². The van der Waals surface area contributed by atoms with Gasteiger partial charge in [0.25, 0.3) is 5.91 Å². The highest BCUT2D eigenvalue weighted by atomic mass is 19.1. The molecule has 3 aromatic rings. The highest BCUT2D eigenvalue weighted by molar-refractivity contribution is 5.95. The number of nitrogens with one attached hydrogen (secondary N) is 2. The molecular formula is C22H21FN4O2. The molecule has 0 aliphatic carbocycles. The smallest absolute Gasteiger partial charge is 0.251 e. The zero-order valence-electron chi connectivity index (χ0n) is 15.8. The Morgan fingerprint density at radius 3 is 2.62 bits per heavy atom. The predicted octanol–water partition coefficient (Wildman–Crippen LogP) is 3.94. The van der Waals surface area contributed by atoms with E-state index < -0.39 is 0 Å². The van der Waals surface area contributed by atoms with Crippen LogP contribution in [0.25, 0.3) is 11.1 Å². The molecule has 0 radical (unpaired) electrons. The molecule has 2 heterocycles. The maximum atomic E-state index is 13.0. The van der Waals surface area contributed by atoms with E-state index in [1.54, 1.807) is 42.7 Å². The van der Waals surface area contributed by atoms with E-state index in [0.29, 0.717) is 23.7 Å². The highest BCUT2D eigenvalue weighted by Gasteiger charge is 2.16. The second kappa shape index (κ2) is 8.79. The molecule has 1 unspecified atom stereocenters. The van der Waals surface area contributed by atoms with Crippen LogP contribution >= 0.6 is 0 Å². The zero-order chi connectivity index (χ0) is 20.1. The minimum Gasteiger partial charge on any atom is -0.376 e. The second-order valence-electron chi connectivity index (χ2n) is 6.85. The summed E-state index contributed by atoms with van der Waals surface area (Å²) in [5.41, 5.74) is 2.89. The van der Waals surface area contributed by atoms with Crippen molar-refractivity contribution < 1.29 is 13.9 Å². The molecule has 1 aliphatic rings. The first-order valence-corrected chi connectivity index (χ1v) is 9.52. The van der Waals surface area contributed by atoms with Gasteiger partial charge >= 0.3 is 0 Å². The zero-order valence-corrected chi connectivity index (χ0v) is 15.8. The first kappa shape index (κ1) is 19.0. The largest absolute Gasteiger partial charge is 0.376 e. The standard InChI is InChI=1S/C22H21FN4O2/c23-18-8-6-15(7-9-18)17-12-25-22(26-13-17)27-19-4-1-3-16(11-19)21(28)24-14-20-5-2-10-29-20/h1,3-4,6-9,11-13,20H,2,5,10,14H2,(H,24,28)(H,25,26,27). The number of rotatable bonds is 6. The number of hydrogen-bond donors (Lipinski definition) is 2. The van der Waals surface area contributed by atoms with Crippen LogP contribution in [0.2, 0.25) is 0 Å². The summed E-state index contributed by atoms with van der Waals surface area (Å²) in [5, 5.41) is 6.01. The quantitative estimate of drug-likeness (QED) is 0.665. The Kier molecular flexibility index (Phi) is 5.76. The van der Waals surface area contributed by atoms with E-state index in [9.17, 15) is 9.18 Å². The molecule has 1 aromatic heterocycles. The molecule has 2 aromatic carbocycles. The van der Waals surface area contributed by atoms with Crippen molar-refractivity contribution >= 4 is 17.5 Å². The Labute approximate surface area is 168 Å². The van der Waals surface area contributed by atoms with Gasteiger partial charge in [0.15, 0.2) is 0 Å². The van der Waals surface area contributed by atoms with Crippen LogP contribution in [0.4, 0.5) is 16.0 Å². The van der Waals surface area contributed by atoms with Gasteiger partial charge in [-0.15, -0.1) is 0 Å². The Hall–Kier alpha value is -3.32. The molecule has 1 saturated heterocycles. The lowest BCUT2D eigenvalue weighted by Gasteiger charge is -2.11. The number of anilines is 2. The van der Waals surface area contributed by atoms with Crippen molar-refractivity contribution in [3.63, 3.8) is 0 Å². The van der Waals surface area contributed by atoms with E-state index in [-0.39, 0.29) is 17.8 Å². The molecule has 2 N–H and O–H groups in total. The molecular weight excluding hydrogens is 371 g/mol. The van der Waals surface area contributed by atoms with Crippen LogP contribution in [0.5, 0.6) is 0 Å². The van der Waals surface area contributed by atoms with Crippen LogP contribution < -0.4 is 10.6 Å². The lowest BCUT2D eigenvalue weighted by atomic mass is 10.1. The van der Waals surface area contributed by atoms with Crippen LogP contribution in [-0.2, 0) is 4.74 Å². The second-order valence-corrected chi connectivity index (χ2v) is 6.85. The number of aromatic nitrogens is 2. The molecule has 29 heavy (non-hydrogen) atoms. The van der Waals surface area contributed by atoms with Crippen LogP contribution in [0, 0.1) is 5.82 Å². The fraction of sp³-hybridized carbons (Fsp3) is 0.227. The summed E-state index contributed by atoms with van der Waals surface area (Å²) in [7, 11) is 0. The van der Waals surface area contributed by atoms with Gasteiger partial charge in [-0.05, 0) is 48.7 Å². The van der Waals surface area contributed by atoms with E-state index in [2.05, 4.69) is 20.6 Å². The highest BCUT2D eigenvalue weighted by Crippen LogP contribution is 2.20. The molecule has 1 aliphatic heterocycles. The number of ether oxygens (including phenoxy) is 1. The number of hydrogen-bond acceptors (Lipinski definition) is 5. The van der Waals surface area contributed by atoms with Crippen LogP contribution in [-0.4, -0.2) is 35.1 Å². The third-order valence-corrected chi connectivity index (χ3v) is 4.72. The maximum Gasteiger partial charge on any atom is 0.251 e. The Bertz CT molecular complexity index is 971. The van der Waals surface area contributed by atoms with Crippen molar-refractivity contribution in [2.24, 2.45) is 0 Å². The van der Waals surface area contributed by atoms with Crippen molar-refractivity contribution in [3.8, 4) is 11.1 Å². The van der Waals surface area contributed by atoms with Gasteiger partial charge in [0, 0.05) is 42.4 Å². The molecule has 1 amide bonds. The van der Waals surface area contributed by atoms with Gasteiger partial charge in [-0.25, -0.2) is 14.4 Å². The number of carbonyl (C=O) groups excluding carboxylic acids is 1. The SMILES string of the molecule is O=C(NCC1CCCO1)c1cccc(Nc2ncc(-c3ccc(F)cc3)cn2)c1. The summed E-state index contributed by atoms with van der Waals surface area (Å²) in [4.78, 5) is 21.0. The summed E-state index contributed by atoms with van der Waals surface area (Å²) < 4.78 is 18.6. The van der Waals surface area contributed by atoms with E-state index in [1.807, 2.05) is 6.07 Å². The lowest BCUT2D eigenvalue weighted by Crippen LogP contribution is -2.31. The molecule has 148 valence electrons. The summed E-state index contributed by atoms with van der Waals surface area (Å²) in [6.45, 7) is 1.28. The molecule has 7 heteroatoms. The topological polar surface area (TPSA) is 76.1 Å². The van der Waals surface area contributed by atoms with Crippen molar-refractivity contribution in [1.29, 1.82) is 0 Å². The van der Waals surface area contributed by atoms with E-state index in [4.69, 9.17) is 4.74 Å². The minimum atomic E-state index is -0.285. The summed E-state index contributed by atoms with van der Waals surface area (Å²) >= 11 is 0. The Balaban J connectivity index is 1.39. The lowest BCUT2D eigenvalue weighted by molar-refractivity contribution is 0.0858. The van der Waals surface area contributed by atoms with Gasteiger partial charge in [0.05, 0.1) is 6.10 Å². The fourth-order valence-electron chi connectivity index (χ4n) is 3.17. The molecule has 1 fully saturated rings. The van der Waals surface area contributed by atoms with Gasteiger partial charge in [-0.3, -0.25) is 4.79 Å². The van der Waals surface area contributed by atoms with Gasteiger partial charge in [-0.2, -0.15) is 0 Å². The molecule has 6 nitrogen and oxygen atoms in total. The van der Waals surface area contributed by atoms with Crippen molar-refractivity contribution in [2.75, 3.05) is 18.5 Å². The molecule has 0 bridgehead atoms. The third-order valence-electron chi connectivity index (χ3n) is 4.72. The summed E-state index contributed by atoms with van der Waals surface area (Å²) in [5.74, 6) is -0.0165.